The van der Waals surface area contributed by atoms with Crippen molar-refractivity contribution >= 4 is 21.4 Å². The molecule has 0 heterocycles. The van der Waals surface area contributed by atoms with Crippen LogP contribution in [0.1, 0.15) is 31.9 Å². The van der Waals surface area contributed by atoms with E-state index in [-0.39, 0.29) is 17.5 Å². The number of halogens is 1. The van der Waals surface area contributed by atoms with Crippen LogP contribution >= 0.6 is 11.6 Å². The molecule has 1 rings (SSSR count). The van der Waals surface area contributed by atoms with Crippen molar-refractivity contribution in [1.29, 1.82) is 0 Å². The Bertz CT molecular complexity index is 474. The number of rotatable bonds is 7. The van der Waals surface area contributed by atoms with E-state index in [0.29, 0.717) is 18.0 Å². The molecule has 0 fully saturated rings. The van der Waals surface area contributed by atoms with Crippen LogP contribution in [0.25, 0.3) is 0 Å². The Balaban J connectivity index is 2.45. The molecule has 0 aliphatic rings. The van der Waals surface area contributed by atoms with E-state index in [1.54, 1.807) is 0 Å². The van der Waals surface area contributed by atoms with Gasteiger partial charge in [-0.3, -0.25) is 0 Å². The summed E-state index contributed by atoms with van der Waals surface area (Å²) in [5, 5.41) is 3.90. The van der Waals surface area contributed by atoms with E-state index in [0.717, 1.165) is 5.56 Å². The molecule has 1 N–H and O–H groups in total. The first kappa shape index (κ1) is 15.5. The summed E-state index contributed by atoms with van der Waals surface area (Å²) >= 11 is 5.91. The van der Waals surface area contributed by atoms with Crippen molar-refractivity contribution in [3.8, 4) is 0 Å². The van der Waals surface area contributed by atoms with E-state index in [4.69, 9.17) is 11.6 Å². The molecule has 1 unspecified atom stereocenters. The van der Waals surface area contributed by atoms with E-state index in [9.17, 15) is 8.42 Å². The zero-order chi connectivity index (χ0) is 13.6. The van der Waals surface area contributed by atoms with Crippen molar-refractivity contribution in [2.24, 2.45) is 0 Å². The largest absolute Gasteiger partial charge is 0.309 e. The second-order valence-electron chi connectivity index (χ2n) is 4.38. The highest BCUT2D eigenvalue weighted by Crippen LogP contribution is 2.17. The van der Waals surface area contributed by atoms with Crippen LogP contribution in [0.5, 0.6) is 0 Å². The van der Waals surface area contributed by atoms with Gasteiger partial charge in [-0.2, -0.15) is 0 Å². The quantitative estimate of drug-likeness (QED) is 0.839. The monoisotopic (exact) mass is 289 g/mol. The smallest absolute Gasteiger partial charge is 0.151 e. The van der Waals surface area contributed by atoms with Gasteiger partial charge in [0.1, 0.15) is 0 Å². The highest BCUT2D eigenvalue weighted by molar-refractivity contribution is 7.91. The third kappa shape index (κ3) is 5.38. The zero-order valence-corrected chi connectivity index (χ0v) is 12.4. The van der Waals surface area contributed by atoms with E-state index in [1.807, 2.05) is 38.1 Å². The summed E-state index contributed by atoms with van der Waals surface area (Å²) in [6, 6.07) is 7.68. The second-order valence-corrected chi connectivity index (χ2v) is 7.12. The van der Waals surface area contributed by atoms with Gasteiger partial charge < -0.3 is 5.32 Å². The Morgan fingerprint density at radius 3 is 2.67 bits per heavy atom. The van der Waals surface area contributed by atoms with Crippen LogP contribution in [-0.2, 0) is 9.84 Å². The molecule has 1 aromatic rings. The molecule has 3 nitrogen and oxygen atoms in total. The van der Waals surface area contributed by atoms with Crippen LogP contribution < -0.4 is 5.32 Å². The van der Waals surface area contributed by atoms with Gasteiger partial charge in [-0.25, -0.2) is 8.42 Å². The Hall–Kier alpha value is -0.580. The molecule has 18 heavy (non-hydrogen) atoms. The molecule has 1 atom stereocenters. The standard InChI is InChI=1S/C13H20ClNO2S/c1-3-8-18(16,17)9-7-15-11(2)12-5-4-6-13(14)10-12/h4-6,10-11,15H,3,7-9H2,1-2H3. The van der Waals surface area contributed by atoms with E-state index < -0.39 is 9.84 Å². The lowest BCUT2D eigenvalue weighted by Crippen LogP contribution is -2.26. The fourth-order valence-corrected chi connectivity index (χ4v) is 3.19. The van der Waals surface area contributed by atoms with Crippen molar-refractivity contribution in [3.05, 3.63) is 34.9 Å². The fourth-order valence-electron chi connectivity index (χ4n) is 1.74. The third-order valence-electron chi connectivity index (χ3n) is 2.73. The summed E-state index contributed by atoms with van der Waals surface area (Å²) in [4.78, 5) is 0. The molecular weight excluding hydrogens is 270 g/mol. The Morgan fingerprint density at radius 1 is 1.33 bits per heavy atom. The maximum absolute atomic E-state index is 11.5. The molecule has 0 aromatic heterocycles. The lowest BCUT2D eigenvalue weighted by atomic mass is 10.1. The van der Waals surface area contributed by atoms with Crippen LogP contribution in [-0.4, -0.2) is 26.5 Å². The highest BCUT2D eigenvalue weighted by atomic mass is 35.5. The van der Waals surface area contributed by atoms with E-state index in [1.165, 1.54) is 0 Å². The summed E-state index contributed by atoms with van der Waals surface area (Å²) in [5.41, 5.74) is 1.07. The summed E-state index contributed by atoms with van der Waals surface area (Å²) in [5.74, 6) is 0.450. The maximum atomic E-state index is 11.5. The Morgan fingerprint density at radius 2 is 2.06 bits per heavy atom. The SMILES string of the molecule is CCCS(=O)(=O)CCNC(C)c1cccc(Cl)c1. The Labute approximate surface area is 114 Å². The van der Waals surface area contributed by atoms with Crippen LogP contribution in [0, 0.1) is 0 Å². The molecule has 0 bridgehead atoms. The number of hydrogen-bond donors (Lipinski definition) is 1. The molecule has 0 saturated heterocycles. The van der Waals surface area contributed by atoms with Crippen molar-refractivity contribution in [1.82, 2.24) is 5.32 Å². The molecule has 1 aromatic carbocycles. The van der Waals surface area contributed by atoms with Gasteiger partial charge in [0.15, 0.2) is 9.84 Å². The maximum Gasteiger partial charge on any atom is 0.151 e. The van der Waals surface area contributed by atoms with Crippen molar-refractivity contribution in [2.45, 2.75) is 26.3 Å². The van der Waals surface area contributed by atoms with E-state index >= 15 is 0 Å². The molecule has 0 amide bonds. The van der Waals surface area contributed by atoms with E-state index in [2.05, 4.69) is 5.32 Å². The topological polar surface area (TPSA) is 46.2 Å². The minimum absolute atomic E-state index is 0.0977. The molecule has 0 spiro atoms. The van der Waals surface area contributed by atoms with Crippen LogP contribution in [0.2, 0.25) is 5.02 Å². The molecule has 102 valence electrons. The van der Waals surface area contributed by atoms with Gasteiger partial charge in [-0.15, -0.1) is 0 Å². The van der Waals surface area contributed by atoms with Crippen LogP contribution in [0.3, 0.4) is 0 Å². The van der Waals surface area contributed by atoms with Gasteiger partial charge in [-0.05, 0) is 31.0 Å². The van der Waals surface area contributed by atoms with Crippen molar-refractivity contribution in [2.75, 3.05) is 18.1 Å². The van der Waals surface area contributed by atoms with Crippen LogP contribution in [0.15, 0.2) is 24.3 Å². The average Bonchev–Trinajstić information content (AvgIpc) is 2.28. The number of benzene rings is 1. The molecule has 5 heteroatoms. The Kier molecular flexibility index (Phi) is 6.12. The average molecular weight is 290 g/mol. The minimum Gasteiger partial charge on any atom is -0.309 e. The minimum atomic E-state index is -2.91. The normalized spacial score (nSPS) is 13.5. The van der Waals surface area contributed by atoms with Crippen molar-refractivity contribution < 1.29 is 8.42 Å². The first-order valence-electron chi connectivity index (χ1n) is 6.14. The summed E-state index contributed by atoms with van der Waals surface area (Å²) in [6.07, 6.45) is 0.673. The van der Waals surface area contributed by atoms with Gasteiger partial charge in [0.05, 0.1) is 5.75 Å². The molecule has 0 aliphatic heterocycles. The third-order valence-corrected chi connectivity index (χ3v) is 4.82. The molecule has 0 saturated carbocycles. The predicted octanol–water partition coefficient (Wildman–Crippen LogP) is 2.82. The summed E-state index contributed by atoms with van der Waals surface area (Å²) < 4.78 is 23.1. The van der Waals surface area contributed by atoms with Gasteiger partial charge in [-0.1, -0.05) is 30.7 Å². The predicted molar refractivity (Wildman–Crippen MR) is 76.8 cm³/mol. The number of hydrogen-bond acceptors (Lipinski definition) is 3. The fraction of sp³-hybridized carbons (Fsp3) is 0.538. The first-order valence-corrected chi connectivity index (χ1v) is 8.34. The van der Waals surface area contributed by atoms with Gasteiger partial charge in [0, 0.05) is 23.4 Å². The summed E-state index contributed by atoms with van der Waals surface area (Å²) in [7, 11) is -2.91. The lowest BCUT2D eigenvalue weighted by molar-refractivity contribution is 0.571. The number of sulfone groups is 1. The second kappa shape index (κ2) is 7.12. The van der Waals surface area contributed by atoms with Crippen LogP contribution in [0.4, 0.5) is 0 Å². The van der Waals surface area contributed by atoms with Gasteiger partial charge in [0.2, 0.25) is 0 Å². The molecule has 0 aliphatic carbocycles. The highest BCUT2D eigenvalue weighted by Gasteiger charge is 2.10. The zero-order valence-electron chi connectivity index (χ0n) is 10.8. The molecule has 0 radical (unpaired) electrons. The first-order chi connectivity index (χ1) is 8.44. The van der Waals surface area contributed by atoms with Gasteiger partial charge >= 0.3 is 0 Å². The molecular formula is C13H20ClNO2S. The van der Waals surface area contributed by atoms with Crippen molar-refractivity contribution in [3.63, 3.8) is 0 Å². The number of nitrogens with one attached hydrogen (secondary N) is 1. The van der Waals surface area contributed by atoms with Gasteiger partial charge in [0.25, 0.3) is 0 Å². The lowest BCUT2D eigenvalue weighted by Gasteiger charge is -2.14. The summed E-state index contributed by atoms with van der Waals surface area (Å²) in [6.45, 7) is 4.34.